The highest BCUT2D eigenvalue weighted by atomic mass is 35.5. The number of nitrogens with zero attached hydrogens (tertiary/aromatic N) is 3. The molecule has 104 valence electrons. The average molecular weight is 345 g/mol. The SMILES string of the molecule is Cc1cc(Cl)ccc1N1CN(SC(Cl)Cl)N(F)C1=O. The molecular weight excluding hydrogens is 336 g/mol. The third-order valence-electron chi connectivity index (χ3n) is 2.50. The van der Waals surface area contributed by atoms with Crippen LogP contribution in [0.2, 0.25) is 5.02 Å². The zero-order valence-electron chi connectivity index (χ0n) is 9.69. The second-order valence-electron chi connectivity index (χ2n) is 3.76. The van der Waals surface area contributed by atoms with E-state index in [-0.39, 0.29) is 11.9 Å². The highest BCUT2D eigenvalue weighted by Gasteiger charge is 2.39. The summed E-state index contributed by atoms with van der Waals surface area (Å²) in [6, 6.07) is 4.21. The lowest BCUT2D eigenvalue weighted by molar-refractivity contribution is -0.0290. The summed E-state index contributed by atoms with van der Waals surface area (Å²) in [7, 11) is 0. The molecule has 0 aliphatic carbocycles. The summed E-state index contributed by atoms with van der Waals surface area (Å²) in [4.78, 5) is 13.1. The van der Waals surface area contributed by atoms with Crippen LogP contribution in [0.5, 0.6) is 0 Å². The number of hydrazine groups is 1. The van der Waals surface area contributed by atoms with Crippen LogP contribution < -0.4 is 4.90 Å². The fourth-order valence-electron chi connectivity index (χ4n) is 1.70. The molecule has 2 amide bonds. The lowest BCUT2D eigenvalue weighted by Gasteiger charge is -2.17. The van der Waals surface area contributed by atoms with Gasteiger partial charge >= 0.3 is 6.03 Å². The monoisotopic (exact) mass is 343 g/mol. The molecule has 1 aliphatic rings. The molecule has 0 radical (unpaired) electrons. The van der Waals surface area contributed by atoms with Crippen molar-refractivity contribution in [3.8, 4) is 0 Å². The first kappa shape index (κ1) is 15.0. The molecule has 0 saturated carbocycles. The normalized spacial score (nSPS) is 16.8. The highest BCUT2D eigenvalue weighted by molar-refractivity contribution is 8.00. The number of rotatable bonds is 3. The molecule has 1 fully saturated rings. The van der Waals surface area contributed by atoms with E-state index in [0.717, 1.165) is 21.9 Å². The maximum Gasteiger partial charge on any atom is 0.370 e. The van der Waals surface area contributed by atoms with Crippen molar-refractivity contribution in [2.75, 3.05) is 11.6 Å². The smallest absolute Gasteiger partial charge is 0.275 e. The maximum atomic E-state index is 13.7. The minimum Gasteiger partial charge on any atom is -0.275 e. The number of halogens is 4. The number of carbonyl (C=O) groups excluding carboxylic acids is 1. The van der Waals surface area contributed by atoms with Gasteiger partial charge in [-0.15, -0.1) is 4.41 Å². The molecule has 1 aromatic carbocycles. The number of alkyl halides is 2. The number of anilines is 1. The lowest BCUT2D eigenvalue weighted by atomic mass is 10.2. The van der Waals surface area contributed by atoms with E-state index in [1.54, 1.807) is 25.1 Å². The Bertz CT molecular complexity index is 505. The Kier molecular flexibility index (Phi) is 4.68. The van der Waals surface area contributed by atoms with Crippen molar-refractivity contribution >= 4 is 58.5 Å². The van der Waals surface area contributed by atoms with Gasteiger partial charge in [0.15, 0.2) is 4.17 Å². The Morgan fingerprint density at radius 2 is 2.11 bits per heavy atom. The first-order valence-electron chi connectivity index (χ1n) is 5.16. The van der Waals surface area contributed by atoms with Crippen LogP contribution in [0.1, 0.15) is 5.56 Å². The Morgan fingerprint density at radius 1 is 1.42 bits per heavy atom. The molecule has 1 aromatic rings. The average Bonchev–Trinajstić information content (AvgIpc) is 2.57. The molecular formula is C10H9Cl3FN3OS. The second kappa shape index (κ2) is 5.93. The fraction of sp³-hybridized carbons (Fsp3) is 0.300. The van der Waals surface area contributed by atoms with Crippen LogP contribution in [0.4, 0.5) is 15.0 Å². The van der Waals surface area contributed by atoms with Gasteiger partial charge in [0.2, 0.25) is 0 Å². The zero-order valence-corrected chi connectivity index (χ0v) is 12.8. The number of hydrogen-bond donors (Lipinski definition) is 0. The molecule has 0 atom stereocenters. The quantitative estimate of drug-likeness (QED) is 0.463. The molecule has 0 spiro atoms. The Morgan fingerprint density at radius 3 is 2.68 bits per heavy atom. The van der Waals surface area contributed by atoms with E-state index >= 15 is 0 Å². The van der Waals surface area contributed by atoms with E-state index < -0.39 is 10.2 Å². The van der Waals surface area contributed by atoms with Gasteiger partial charge in [-0.1, -0.05) is 44.5 Å². The molecule has 1 aliphatic heterocycles. The van der Waals surface area contributed by atoms with Crippen LogP contribution in [0, 0.1) is 6.92 Å². The van der Waals surface area contributed by atoms with Gasteiger partial charge < -0.3 is 0 Å². The van der Waals surface area contributed by atoms with Crippen LogP contribution in [0.3, 0.4) is 0 Å². The van der Waals surface area contributed by atoms with E-state index in [9.17, 15) is 9.28 Å². The Balaban J connectivity index is 2.24. The molecule has 1 saturated heterocycles. The summed E-state index contributed by atoms with van der Waals surface area (Å²) >= 11 is 17.8. The van der Waals surface area contributed by atoms with Gasteiger partial charge in [0, 0.05) is 5.02 Å². The van der Waals surface area contributed by atoms with Crippen molar-refractivity contribution in [1.29, 1.82) is 0 Å². The molecule has 0 N–H and O–H groups in total. The number of aryl methyl sites for hydroxylation is 1. The number of carbonyl (C=O) groups is 1. The molecule has 1 heterocycles. The minimum absolute atomic E-state index is 0.0123. The summed E-state index contributed by atoms with van der Waals surface area (Å²) in [5.74, 6) is 0. The lowest BCUT2D eigenvalue weighted by Crippen LogP contribution is -2.28. The van der Waals surface area contributed by atoms with Gasteiger partial charge in [0.25, 0.3) is 0 Å². The van der Waals surface area contributed by atoms with Crippen LogP contribution >= 0.6 is 46.8 Å². The topological polar surface area (TPSA) is 26.8 Å². The molecule has 0 bridgehead atoms. The molecule has 2 rings (SSSR count). The summed E-state index contributed by atoms with van der Waals surface area (Å²) < 4.78 is 13.9. The molecule has 0 aromatic heterocycles. The van der Waals surface area contributed by atoms with Crippen molar-refractivity contribution in [2.45, 2.75) is 11.1 Å². The highest BCUT2D eigenvalue weighted by Crippen LogP contribution is 2.34. The Hall–Kier alpha value is -0.400. The molecule has 4 nitrogen and oxygen atoms in total. The van der Waals surface area contributed by atoms with Crippen LogP contribution in [-0.4, -0.2) is 26.5 Å². The van der Waals surface area contributed by atoms with Gasteiger partial charge in [0.05, 0.1) is 5.69 Å². The van der Waals surface area contributed by atoms with E-state index in [2.05, 4.69) is 0 Å². The third kappa shape index (κ3) is 3.20. The molecule has 0 unspecified atom stereocenters. The van der Waals surface area contributed by atoms with Gasteiger partial charge in [-0.05, 0) is 42.6 Å². The van der Waals surface area contributed by atoms with Crippen molar-refractivity contribution in [3.63, 3.8) is 0 Å². The van der Waals surface area contributed by atoms with Crippen LogP contribution in [0.25, 0.3) is 0 Å². The standard InChI is InChI=1S/C10H9Cl3FN3OS/c1-6-4-7(11)2-3-8(6)15-5-16(19-9(12)13)17(14)10(15)18/h2-4,9H,5H2,1H3. The van der Waals surface area contributed by atoms with E-state index in [1.807, 2.05) is 0 Å². The van der Waals surface area contributed by atoms with Gasteiger partial charge in [0.1, 0.15) is 6.67 Å². The van der Waals surface area contributed by atoms with Crippen molar-refractivity contribution in [1.82, 2.24) is 9.65 Å². The van der Waals surface area contributed by atoms with E-state index in [1.165, 1.54) is 4.90 Å². The zero-order chi connectivity index (χ0) is 14.2. The van der Waals surface area contributed by atoms with E-state index in [4.69, 9.17) is 34.8 Å². The van der Waals surface area contributed by atoms with Gasteiger partial charge in [-0.2, -0.15) is 0 Å². The first-order valence-corrected chi connectivity index (χ1v) is 7.25. The molecule has 19 heavy (non-hydrogen) atoms. The van der Waals surface area contributed by atoms with Gasteiger partial charge in [-0.25, -0.2) is 4.79 Å². The minimum atomic E-state index is -0.864. The molecule has 9 heteroatoms. The summed E-state index contributed by atoms with van der Waals surface area (Å²) in [6.07, 6.45) is 0. The summed E-state index contributed by atoms with van der Waals surface area (Å²) in [5.41, 5.74) is 1.36. The number of hydrogen-bond acceptors (Lipinski definition) is 3. The van der Waals surface area contributed by atoms with Crippen molar-refractivity contribution < 1.29 is 9.28 Å². The third-order valence-corrected chi connectivity index (χ3v) is 3.87. The maximum absolute atomic E-state index is 13.7. The fourth-order valence-corrected chi connectivity index (χ4v) is 3.00. The number of amides is 2. The van der Waals surface area contributed by atoms with Crippen LogP contribution in [0.15, 0.2) is 18.2 Å². The summed E-state index contributed by atoms with van der Waals surface area (Å²) in [5, 5.41) is 0.536. The second-order valence-corrected chi connectivity index (χ2v) is 6.92. The van der Waals surface area contributed by atoms with Crippen LogP contribution in [-0.2, 0) is 0 Å². The number of urea groups is 1. The van der Waals surface area contributed by atoms with Crippen molar-refractivity contribution in [3.05, 3.63) is 28.8 Å². The predicted molar refractivity (Wildman–Crippen MR) is 76.8 cm³/mol. The Labute approximate surface area is 129 Å². The predicted octanol–water partition coefficient (Wildman–Crippen LogP) is 4.36. The number of benzene rings is 1. The van der Waals surface area contributed by atoms with Crippen molar-refractivity contribution in [2.24, 2.45) is 0 Å². The van der Waals surface area contributed by atoms with Gasteiger partial charge in [-0.3, -0.25) is 4.90 Å². The largest absolute Gasteiger partial charge is 0.370 e. The first-order chi connectivity index (χ1) is 8.90. The van der Waals surface area contributed by atoms with E-state index in [0.29, 0.717) is 10.7 Å². The summed E-state index contributed by atoms with van der Waals surface area (Å²) in [6.45, 7) is 1.80.